The SMILES string of the molecule is CC1(C)CCCC(C)(C)N1COCCO. The molecule has 1 rings (SSSR count). The summed E-state index contributed by atoms with van der Waals surface area (Å²) in [6, 6.07) is 0. The number of hydrogen-bond acceptors (Lipinski definition) is 3. The minimum Gasteiger partial charge on any atom is -0.394 e. The standard InChI is InChI=1S/C12H25NO2/c1-11(2)6-5-7-12(3,4)13(11)10-15-9-8-14/h14H,5-10H2,1-4H3. The van der Waals surface area contributed by atoms with E-state index in [9.17, 15) is 0 Å². The lowest BCUT2D eigenvalue weighted by molar-refractivity contribution is -0.109. The van der Waals surface area contributed by atoms with Crippen molar-refractivity contribution in [2.75, 3.05) is 19.9 Å². The maximum Gasteiger partial charge on any atom is 0.1000 e. The van der Waals surface area contributed by atoms with Crippen LogP contribution < -0.4 is 0 Å². The molecule has 3 heteroatoms. The molecule has 0 atom stereocenters. The van der Waals surface area contributed by atoms with Gasteiger partial charge < -0.3 is 9.84 Å². The average Bonchev–Trinajstić information content (AvgIpc) is 2.09. The maximum atomic E-state index is 8.71. The molecule has 0 spiro atoms. The Hall–Kier alpha value is -0.120. The Balaban J connectivity index is 2.60. The van der Waals surface area contributed by atoms with Crippen LogP contribution in [0.2, 0.25) is 0 Å². The van der Waals surface area contributed by atoms with E-state index in [-0.39, 0.29) is 17.7 Å². The smallest absolute Gasteiger partial charge is 0.1000 e. The summed E-state index contributed by atoms with van der Waals surface area (Å²) in [5, 5.41) is 8.71. The third kappa shape index (κ3) is 3.16. The second kappa shape index (κ2) is 4.81. The van der Waals surface area contributed by atoms with E-state index in [0.717, 1.165) is 0 Å². The average molecular weight is 215 g/mol. The summed E-state index contributed by atoms with van der Waals surface area (Å²) in [5.74, 6) is 0. The normalized spacial score (nSPS) is 25.4. The molecule has 0 aromatic rings. The van der Waals surface area contributed by atoms with Crippen LogP contribution in [0.5, 0.6) is 0 Å². The van der Waals surface area contributed by atoms with Crippen LogP contribution in [0.4, 0.5) is 0 Å². The largest absolute Gasteiger partial charge is 0.394 e. The third-order valence-electron chi connectivity index (χ3n) is 3.49. The van der Waals surface area contributed by atoms with Gasteiger partial charge in [0.05, 0.1) is 19.9 Å². The van der Waals surface area contributed by atoms with Crippen molar-refractivity contribution in [3.63, 3.8) is 0 Å². The van der Waals surface area contributed by atoms with E-state index in [2.05, 4.69) is 32.6 Å². The molecule has 0 aliphatic carbocycles. The topological polar surface area (TPSA) is 32.7 Å². The zero-order chi connectivity index (χ0) is 11.5. The summed E-state index contributed by atoms with van der Waals surface area (Å²) in [5.41, 5.74) is 0.411. The minimum atomic E-state index is 0.106. The van der Waals surface area contributed by atoms with Crippen LogP contribution >= 0.6 is 0 Å². The first-order valence-corrected chi connectivity index (χ1v) is 5.86. The van der Waals surface area contributed by atoms with Gasteiger partial charge in [-0.15, -0.1) is 0 Å². The number of hydrogen-bond donors (Lipinski definition) is 1. The summed E-state index contributed by atoms with van der Waals surface area (Å²) in [7, 11) is 0. The summed E-state index contributed by atoms with van der Waals surface area (Å²) in [6.07, 6.45) is 3.73. The molecule has 0 bridgehead atoms. The van der Waals surface area contributed by atoms with Gasteiger partial charge in [0.1, 0.15) is 0 Å². The first-order chi connectivity index (χ1) is 6.90. The van der Waals surface area contributed by atoms with Gasteiger partial charge >= 0.3 is 0 Å². The second-order valence-corrected chi connectivity index (χ2v) is 5.67. The Morgan fingerprint density at radius 1 is 1.13 bits per heavy atom. The van der Waals surface area contributed by atoms with Gasteiger partial charge in [-0.1, -0.05) is 0 Å². The Morgan fingerprint density at radius 2 is 1.67 bits per heavy atom. The number of aliphatic hydroxyl groups excluding tert-OH is 1. The van der Waals surface area contributed by atoms with Gasteiger partial charge in [0.15, 0.2) is 0 Å². The molecule has 1 fully saturated rings. The number of nitrogens with zero attached hydrogens (tertiary/aromatic N) is 1. The summed E-state index contributed by atoms with van der Waals surface area (Å²) in [6.45, 7) is 10.3. The number of rotatable bonds is 4. The molecule has 1 aliphatic rings. The Kier molecular flexibility index (Phi) is 4.15. The molecule has 0 aromatic carbocycles. The number of likely N-dealkylation sites (tertiary alicyclic amines) is 1. The first-order valence-electron chi connectivity index (χ1n) is 5.86. The minimum absolute atomic E-state index is 0.106. The van der Waals surface area contributed by atoms with Gasteiger partial charge in [-0.25, -0.2) is 0 Å². The van der Waals surface area contributed by atoms with Gasteiger partial charge in [-0.05, 0) is 47.0 Å². The van der Waals surface area contributed by atoms with Crippen molar-refractivity contribution in [1.29, 1.82) is 0 Å². The fraction of sp³-hybridized carbons (Fsp3) is 1.00. The molecule has 1 heterocycles. The van der Waals surface area contributed by atoms with Crippen molar-refractivity contribution >= 4 is 0 Å². The van der Waals surface area contributed by atoms with E-state index in [4.69, 9.17) is 9.84 Å². The molecule has 3 nitrogen and oxygen atoms in total. The van der Waals surface area contributed by atoms with E-state index in [1.165, 1.54) is 19.3 Å². The van der Waals surface area contributed by atoms with E-state index in [1.54, 1.807) is 0 Å². The van der Waals surface area contributed by atoms with Crippen molar-refractivity contribution in [2.24, 2.45) is 0 Å². The van der Waals surface area contributed by atoms with Crippen molar-refractivity contribution < 1.29 is 9.84 Å². The fourth-order valence-corrected chi connectivity index (χ4v) is 2.61. The van der Waals surface area contributed by atoms with E-state index >= 15 is 0 Å². The fourth-order valence-electron chi connectivity index (χ4n) is 2.61. The number of ether oxygens (including phenoxy) is 1. The molecule has 0 amide bonds. The number of piperidine rings is 1. The molecule has 0 unspecified atom stereocenters. The highest BCUT2D eigenvalue weighted by molar-refractivity contribution is 4.95. The van der Waals surface area contributed by atoms with Gasteiger partial charge in [-0.2, -0.15) is 0 Å². The van der Waals surface area contributed by atoms with Crippen molar-refractivity contribution in [1.82, 2.24) is 4.90 Å². The predicted octanol–water partition coefficient (Wildman–Crippen LogP) is 2.00. The Bertz CT molecular complexity index is 186. The van der Waals surface area contributed by atoms with Crippen LogP contribution in [0.25, 0.3) is 0 Å². The molecule has 0 saturated carbocycles. The van der Waals surface area contributed by atoms with Crippen LogP contribution in [-0.2, 0) is 4.74 Å². The van der Waals surface area contributed by atoms with Gasteiger partial charge in [-0.3, -0.25) is 4.90 Å². The summed E-state index contributed by atoms with van der Waals surface area (Å²) >= 11 is 0. The van der Waals surface area contributed by atoms with Crippen LogP contribution in [0, 0.1) is 0 Å². The molecule has 1 saturated heterocycles. The highest BCUT2D eigenvalue weighted by Gasteiger charge is 2.40. The molecule has 0 aromatic heterocycles. The zero-order valence-electron chi connectivity index (χ0n) is 10.5. The lowest BCUT2D eigenvalue weighted by Gasteiger charge is -2.52. The highest BCUT2D eigenvalue weighted by Crippen LogP contribution is 2.37. The quantitative estimate of drug-likeness (QED) is 0.728. The van der Waals surface area contributed by atoms with Gasteiger partial charge in [0, 0.05) is 11.1 Å². The van der Waals surface area contributed by atoms with Crippen molar-refractivity contribution in [2.45, 2.75) is 58.0 Å². The van der Waals surface area contributed by atoms with Crippen LogP contribution in [0.1, 0.15) is 47.0 Å². The third-order valence-corrected chi connectivity index (χ3v) is 3.49. The molecular weight excluding hydrogens is 190 g/mol. The van der Waals surface area contributed by atoms with Crippen molar-refractivity contribution in [3.8, 4) is 0 Å². The lowest BCUT2D eigenvalue weighted by atomic mass is 9.80. The van der Waals surface area contributed by atoms with Crippen LogP contribution in [0.15, 0.2) is 0 Å². The van der Waals surface area contributed by atoms with Gasteiger partial charge in [0.25, 0.3) is 0 Å². The molecule has 1 N–H and O–H groups in total. The number of aliphatic hydroxyl groups is 1. The second-order valence-electron chi connectivity index (χ2n) is 5.67. The Morgan fingerprint density at radius 3 is 2.13 bits per heavy atom. The Labute approximate surface area is 93.4 Å². The summed E-state index contributed by atoms with van der Waals surface area (Å²) < 4.78 is 5.47. The maximum absolute atomic E-state index is 8.71. The molecule has 90 valence electrons. The van der Waals surface area contributed by atoms with Gasteiger partial charge in [0.2, 0.25) is 0 Å². The van der Waals surface area contributed by atoms with E-state index in [0.29, 0.717) is 13.3 Å². The summed E-state index contributed by atoms with van der Waals surface area (Å²) in [4.78, 5) is 2.42. The molecule has 1 aliphatic heterocycles. The lowest BCUT2D eigenvalue weighted by Crippen LogP contribution is -2.59. The first kappa shape index (κ1) is 12.9. The van der Waals surface area contributed by atoms with E-state index in [1.807, 2.05) is 0 Å². The monoisotopic (exact) mass is 215 g/mol. The van der Waals surface area contributed by atoms with E-state index < -0.39 is 0 Å². The molecular formula is C12H25NO2. The molecule has 0 radical (unpaired) electrons. The van der Waals surface area contributed by atoms with Crippen molar-refractivity contribution in [3.05, 3.63) is 0 Å². The van der Waals surface area contributed by atoms with Crippen LogP contribution in [0.3, 0.4) is 0 Å². The highest BCUT2D eigenvalue weighted by atomic mass is 16.5. The predicted molar refractivity (Wildman–Crippen MR) is 61.8 cm³/mol. The molecule has 15 heavy (non-hydrogen) atoms. The zero-order valence-corrected chi connectivity index (χ0v) is 10.5. The van der Waals surface area contributed by atoms with Crippen LogP contribution in [-0.4, -0.2) is 41.0 Å².